The van der Waals surface area contributed by atoms with Crippen molar-refractivity contribution in [2.24, 2.45) is 0 Å². The molecule has 0 unspecified atom stereocenters. The van der Waals surface area contributed by atoms with Crippen LogP contribution >= 0.6 is 0 Å². The van der Waals surface area contributed by atoms with Crippen LogP contribution in [-0.2, 0) is 16.1 Å². The van der Waals surface area contributed by atoms with Crippen molar-refractivity contribution >= 4 is 5.97 Å². The fraction of sp³-hybridized carbons (Fsp3) is 0.250. The van der Waals surface area contributed by atoms with E-state index in [9.17, 15) is 4.79 Å². The van der Waals surface area contributed by atoms with Crippen LogP contribution in [0.25, 0.3) is 34.0 Å². The Balaban J connectivity index is 1.39. The molecule has 34 heavy (non-hydrogen) atoms. The molecule has 0 spiro atoms. The van der Waals surface area contributed by atoms with E-state index in [2.05, 4.69) is 52.4 Å². The van der Waals surface area contributed by atoms with Crippen LogP contribution < -0.4 is 0 Å². The van der Waals surface area contributed by atoms with Crippen LogP contribution in [0.4, 0.5) is 0 Å². The highest BCUT2D eigenvalue weighted by atomic mass is 16.5. The average Bonchev–Trinajstić information content (AvgIpc) is 3.55. The number of carbonyl (C=O) groups excluding carboxylic acids is 1. The van der Waals surface area contributed by atoms with Gasteiger partial charge in [-0.1, -0.05) is 54.6 Å². The minimum Gasteiger partial charge on any atom is -0.468 e. The minimum atomic E-state index is -0.177. The van der Waals surface area contributed by atoms with Crippen LogP contribution in [0.3, 0.4) is 0 Å². The monoisotopic (exact) mass is 453 g/mol. The van der Waals surface area contributed by atoms with Crippen LogP contribution in [0.15, 0.2) is 77.2 Å². The summed E-state index contributed by atoms with van der Waals surface area (Å²) in [6.45, 7) is 3.63. The lowest BCUT2D eigenvalue weighted by Crippen LogP contribution is -2.36. The Morgan fingerprint density at radius 2 is 1.71 bits per heavy atom. The van der Waals surface area contributed by atoms with E-state index < -0.39 is 0 Å². The summed E-state index contributed by atoms with van der Waals surface area (Å²) >= 11 is 0. The number of hydrogen-bond donors (Lipinski definition) is 0. The smallest absolute Gasteiger partial charge is 0.323 e. The third-order valence-electron chi connectivity index (χ3n) is 6.47. The Bertz CT molecular complexity index is 1300. The van der Waals surface area contributed by atoms with Crippen molar-refractivity contribution in [2.75, 3.05) is 13.7 Å². The molecular formula is C28H27N3O3. The molecule has 1 saturated heterocycles. The molecule has 1 aliphatic rings. The molecule has 3 aromatic carbocycles. The number of aromatic nitrogens is 2. The number of carbonyl (C=O) groups is 1. The molecule has 0 bridgehead atoms. The highest BCUT2D eigenvalue weighted by molar-refractivity contribution is 5.76. The molecule has 0 saturated carbocycles. The van der Waals surface area contributed by atoms with Gasteiger partial charge in [-0.15, -0.1) is 10.2 Å². The molecule has 1 aliphatic heterocycles. The molecule has 1 aromatic heterocycles. The van der Waals surface area contributed by atoms with Gasteiger partial charge in [-0.2, -0.15) is 0 Å². The summed E-state index contributed by atoms with van der Waals surface area (Å²) < 4.78 is 11.1. The molecule has 6 heteroatoms. The zero-order valence-electron chi connectivity index (χ0n) is 19.4. The second kappa shape index (κ2) is 9.61. The van der Waals surface area contributed by atoms with Crippen LogP contribution in [0, 0.1) is 6.92 Å². The minimum absolute atomic E-state index is 0.164. The highest BCUT2D eigenvalue weighted by Crippen LogP contribution is 2.32. The topological polar surface area (TPSA) is 68.5 Å². The maximum Gasteiger partial charge on any atom is 0.323 e. The zero-order chi connectivity index (χ0) is 23.5. The van der Waals surface area contributed by atoms with Gasteiger partial charge in [0.25, 0.3) is 0 Å². The molecule has 0 aliphatic carbocycles. The lowest BCUT2D eigenvalue weighted by atomic mass is 9.96. The maximum absolute atomic E-state index is 12.1. The van der Waals surface area contributed by atoms with Gasteiger partial charge in [-0.05, 0) is 66.8 Å². The number of rotatable bonds is 6. The third kappa shape index (κ3) is 4.37. The summed E-state index contributed by atoms with van der Waals surface area (Å²) in [5.74, 6) is 0.816. The number of likely N-dealkylation sites (tertiary alicyclic amines) is 1. The number of ether oxygens (including phenoxy) is 1. The SMILES string of the molecule is COC(=O)[C@@H]1CCCN1Cc1cccc(-c2nnc(-c3cccc(-c4ccccc4)c3C)o2)c1. The van der Waals surface area contributed by atoms with Gasteiger partial charge in [0.05, 0.1) is 7.11 Å². The van der Waals surface area contributed by atoms with E-state index in [0.29, 0.717) is 18.3 Å². The van der Waals surface area contributed by atoms with Crippen molar-refractivity contribution < 1.29 is 13.9 Å². The Morgan fingerprint density at radius 3 is 2.53 bits per heavy atom. The van der Waals surface area contributed by atoms with E-state index in [-0.39, 0.29) is 12.0 Å². The van der Waals surface area contributed by atoms with Crippen molar-refractivity contribution in [1.82, 2.24) is 15.1 Å². The van der Waals surface area contributed by atoms with E-state index in [1.165, 1.54) is 7.11 Å². The molecule has 0 amide bonds. The lowest BCUT2D eigenvalue weighted by Gasteiger charge is -2.22. The molecule has 172 valence electrons. The molecule has 5 rings (SSSR count). The molecular weight excluding hydrogens is 426 g/mol. The highest BCUT2D eigenvalue weighted by Gasteiger charge is 2.31. The van der Waals surface area contributed by atoms with Gasteiger partial charge < -0.3 is 9.15 Å². The summed E-state index contributed by atoms with van der Waals surface area (Å²) in [6, 6.07) is 24.3. The maximum atomic E-state index is 12.1. The van der Waals surface area contributed by atoms with E-state index in [0.717, 1.165) is 52.8 Å². The predicted octanol–water partition coefficient (Wildman–Crippen LogP) is 5.52. The Labute approximate surface area is 199 Å². The normalized spacial score (nSPS) is 16.0. The molecule has 6 nitrogen and oxygen atoms in total. The largest absolute Gasteiger partial charge is 0.468 e. The Hall–Kier alpha value is -3.77. The van der Waals surface area contributed by atoms with Crippen LogP contribution in [0.1, 0.15) is 24.0 Å². The summed E-state index contributed by atoms with van der Waals surface area (Å²) in [6.07, 6.45) is 1.83. The third-order valence-corrected chi connectivity index (χ3v) is 6.47. The van der Waals surface area contributed by atoms with Gasteiger partial charge in [0.15, 0.2) is 0 Å². The summed E-state index contributed by atoms with van der Waals surface area (Å²) in [7, 11) is 1.45. The van der Waals surface area contributed by atoms with Gasteiger partial charge in [-0.25, -0.2) is 0 Å². The van der Waals surface area contributed by atoms with Gasteiger partial charge in [0.1, 0.15) is 6.04 Å². The first-order valence-corrected chi connectivity index (χ1v) is 11.5. The van der Waals surface area contributed by atoms with E-state index >= 15 is 0 Å². The van der Waals surface area contributed by atoms with Crippen LogP contribution in [0.2, 0.25) is 0 Å². The standard InChI is InChI=1S/C28H27N3O3/c1-19-23(21-10-4-3-5-11-21)13-7-14-24(19)27-30-29-26(34-27)22-12-6-9-20(17-22)18-31-16-8-15-25(31)28(32)33-2/h3-7,9-14,17,25H,8,15-16,18H2,1-2H3/t25-/m0/s1. The van der Waals surface area contributed by atoms with E-state index in [1.54, 1.807) is 0 Å². The summed E-state index contributed by atoms with van der Waals surface area (Å²) in [4.78, 5) is 14.3. The Kier molecular flexibility index (Phi) is 6.23. The average molecular weight is 454 g/mol. The fourth-order valence-corrected chi connectivity index (χ4v) is 4.70. The Morgan fingerprint density at radius 1 is 0.971 bits per heavy atom. The number of esters is 1. The van der Waals surface area contributed by atoms with Gasteiger partial charge >= 0.3 is 5.97 Å². The van der Waals surface area contributed by atoms with Crippen LogP contribution in [0.5, 0.6) is 0 Å². The number of benzene rings is 3. The van der Waals surface area contributed by atoms with Gasteiger partial charge in [-0.3, -0.25) is 9.69 Å². The van der Waals surface area contributed by atoms with Crippen molar-refractivity contribution in [2.45, 2.75) is 32.4 Å². The quantitative estimate of drug-likeness (QED) is 0.358. The summed E-state index contributed by atoms with van der Waals surface area (Å²) in [5.41, 5.74) is 6.28. The number of methoxy groups -OCH3 is 1. The first kappa shape index (κ1) is 22.0. The molecule has 0 radical (unpaired) electrons. The molecule has 2 heterocycles. The molecule has 4 aromatic rings. The van der Waals surface area contributed by atoms with Gasteiger partial charge in [0.2, 0.25) is 11.8 Å². The summed E-state index contributed by atoms with van der Waals surface area (Å²) in [5, 5.41) is 8.68. The molecule has 0 N–H and O–H groups in total. The first-order valence-electron chi connectivity index (χ1n) is 11.5. The zero-order valence-corrected chi connectivity index (χ0v) is 19.4. The van der Waals surface area contributed by atoms with E-state index in [1.807, 2.05) is 42.5 Å². The number of nitrogens with zero attached hydrogens (tertiary/aromatic N) is 3. The van der Waals surface area contributed by atoms with Crippen molar-refractivity contribution in [3.63, 3.8) is 0 Å². The fourth-order valence-electron chi connectivity index (χ4n) is 4.70. The molecule has 1 atom stereocenters. The van der Waals surface area contributed by atoms with E-state index in [4.69, 9.17) is 9.15 Å². The second-order valence-electron chi connectivity index (χ2n) is 8.61. The van der Waals surface area contributed by atoms with Crippen LogP contribution in [-0.4, -0.2) is 40.8 Å². The van der Waals surface area contributed by atoms with Gasteiger partial charge in [0, 0.05) is 17.7 Å². The lowest BCUT2D eigenvalue weighted by molar-refractivity contribution is -0.146. The first-order chi connectivity index (χ1) is 16.6. The second-order valence-corrected chi connectivity index (χ2v) is 8.61. The number of hydrogen-bond acceptors (Lipinski definition) is 6. The predicted molar refractivity (Wildman–Crippen MR) is 131 cm³/mol. The molecule has 1 fully saturated rings. The van der Waals surface area contributed by atoms with Crippen molar-refractivity contribution in [3.8, 4) is 34.0 Å². The van der Waals surface area contributed by atoms with Crippen molar-refractivity contribution in [3.05, 3.63) is 83.9 Å². The van der Waals surface area contributed by atoms with Crippen molar-refractivity contribution in [1.29, 1.82) is 0 Å².